The van der Waals surface area contributed by atoms with E-state index >= 15 is 0 Å². The van der Waals surface area contributed by atoms with E-state index in [1.54, 1.807) is 0 Å². The summed E-state index contributed by atoms with van der Waals surface area (Å²) >= 11 is 8.89. The fraction of sp³-hybridized carbons (Fsp3) is 0.308. The molecule has 2 aromatic rings. The van der Waals surface area contributed by atoms with Gasteiger partial charge in [-0.3, -0.25) is 4.57 Å². The molecule has 0 amide bonds. The zero-order valence-corrected chi connectivity index (χ0v) is 12.6. The number of nitrogens with zero attached hydrogens (tertiary/aromatic N) is 1. The Labute approximate surface area is 115 Å². The molecule has 0 saturated carbocycles. The van der Waals surface area contributed by atoms with Gasteiger partial charge in [-0.05, 0) is 55.7 Å². The van der Waals surface area contributed by atoms with Crippen molar-refractivity contribution < 1.29 is 0 Å². The average molecular weight is 311 g/mol. The van der Waals surface area contributed by atoms with Crippen LogP contribution in [0.3, 0.4) is 0 Å². The first-order valence-electron chi connectivity index (χ1n) is 5.61. The van der Waals surface area contributed by atoms with Crippen molar-refractivity contribution in [2.75, 3.05) is 0 Å². The van der Waals surface area contributed by atoms with Gasteiger partial charge in [0.25, 0.3) is 0 Å². The van der Waals surface area contributed by atoms with Gasteiger partial charge in [0.15, 0.2) is 4.77 Å². The van der Waals surface area contributed by atoms with Crippen LogP contribution in [0, 0.1) is 18.6 Å². The Hall–Kier alpha value is -0.870. The van der Waals surface area contributed by atoms with E-state index in [1.807, 2.05) is 6.20 Å². The summed E-state index contributed by atoms with van der Waals surface area (Å²) in [6.45, 7) is 6.36. The van der Waals surface area contributed by atoms with Crippen molar-refractivity contribution in [3.63, 3.8) is 0 Å². The van der Waals surface area contributed by atoms with Crippen LogP contribution < -0.4 is 0 Å². The molecule has 0 aliphatic carbocycles. The van der Waals surface area contributed by atoms with Crippen LogP contribution in [0.1, 0.15) is 23.7 Å². The number of aryl methyl sites for hydroxylation is 3. The van der Waals surface area contributed by atoms with E-state index in [0.29, 0.717) is 0 Å². The van der Waals surface area contributed by atoms with Crippen molar-refractivity contribution in [1.29, 1.82) is 0 Å². The third-order valence-electron chi connectivity index (χ3n) is 2.89. The van der Waals surface area contributed by atoms with E-state index in [9.17, 15) is 0 Å². The Morgan fingerprint density at radius 1 is 1.29 bits per heavy atom. The Kier molecular flexibility index (Phi) is 3.54. The maximum Gasteiger partial charge on any atom is 0.182 e. The lowest BCUT2D eigenvalue weighted by Gasteiger charge is -2.14. The molecule has 0 unspecified atom stereocenters. The van der Waals surface area contributed by atoms with Crippen molar-refractivity contribution in [2.45, 2.75) is 27.2 Å². The van der Waals surface area contributed by atoms with Gasteiger partial charge in [0.1, 0.15) is 0 Å². The van der Waals surface area contributed by atoms with Crippen LogP contribution in [-0.2, 0) is 6.42 Å². The standard InChI is InChI=1S/C13H15BrN2S/c1-4-11-7-15-13(17)16(11)12-8(2)5-10(14)6-9(12)3/h5-7H,4H2,1-3H3,(H,15,17). The summed E-state index contributed by atoms with van der Waals surface area (Å²) in [4.78, 5) is 3.12. The first-order valence-corrected chi connectivity index (χ1v) is 6.81. The topological polar surface area (TPSA) is 20.7 Å². The molecule has 0 fully saturated rings. The number of nitrogens with one attached hydrogen (secondary N) is 1. The normalized spacial score (nSPS) is 10.8. The highest BCUT2D eigenvalue weighted by molar-refractivity contribution is 9.10. The molecule has 0 saturated heterocycles. The quantitative estimate of drug-likeness (QED) is 0.811. The number of rotatable bonds is 2. The van der Waals surface area contributed by atoms with Gasteiger partial charge in [-0.2, -0.15) is 0 Å². The lowest BCUT2D eigenvalue weighted by atomic mass is 10.1. The van der Waals surface area contributed by atoms with Gasteiger partial charge in [0.2, 0.25) is 0 Å². The highest BCUT2D eigenvalue weighted by Crippen LogP contribution is 2.25. The first kappa shape index (κ1) is 12.6. The lowest BCUT2D eigenvalue weighted by Crippen LogP contribution is -2.04. The smallest absolute Gasteiger partial charge is 0.182 e. The molecule has 4 heteroatoms. The summed E-state index contributed by atoms with van der Waals surface area (Å²) in [5.74, 6) is 0. The van der Waals surface area contributed by atoms with E-state index in [4.69, 9.17) is 12.2 Å². The van der Waals surface area contributed by atoms with Crippen LogP contribution in [0.2, 0.25) is 0 Å². The Balaban J connectivity index is 2.77. The molecule has 0 bridgehead atoms. The number of H-pyrrole nitrogens is 1. The Bertz CT molecular complexity index is 587. The molecule has 0 radical (unpaired) electrons. The molecule has 17 heavy (non-hydrogen) atoms. The van der Waals surface area contributed by atoms with Crippen LogP contribution in [0.5, 0.6) is 0 Å². The molecular formula is C13H15BrN2S. The fourth-order valence-electron chi connectivity index (χ4n) is 2.17. The molecule has 1 N–H and O–H groups in total. The maximum absolute atomic E-state index is 5.37. The molecule has 90 valence electrons. The maximum atomic E-state index is 5.37. The zero-order valence-electron chi connectivity index (χ0n) is 10.2. The SMILES string of the molecule is CCc1c[nH]c(=S)n1-c1c(C)cc(Br)cc1C. The Morgan fingerprint density at radius 3 is 2.41 bits per heavy atom. The van der Waals surface area contributed by atoms with Crippen molar-refractivity contribution in [1.82, 2.24) is 9.55 Å². The predicted octanol–water partition coefficient (Wildman–Crippen LogP) is 4.48. The summed E-state index contributed by atoms with van der Waals surface area (Å²) in [6.07, 6.45) is 2.95. The van der Waals surface area contributed by atoms with Crippen LogP contribution in [0.25, 0.3) is 5.69 Å². The van der Waals surface area contributed by atoms with Crippen molar-refractivity contribution in [3.05, 3.63) is 44.4 Å². The highest BCUT2D eigenvalue weighted by Gasteiger charge is 2.10. The van der Waals surface area contributed by atoms with Gasteiger partial charge in [-0.1, -0.05) is 22.9 Å². The number of imidazole rings is 1. The van der Waals surface area contributed by atoms with Crippen molar-refractivity contribution in [2.24, 2.45) is 0 Å². The minimum Gasteiger partial charge on any atom is -0.337 e. The molecular weight excluding hydrogens is 296 g/mol. The zero-order chi connectivity index (χ0) is 12.6. The monoisotopic (exact) mass is 310 g/mol. The Morgan fingerprint density at radius 2 is 1.88 bits per heavy atom. The lowest BCUT2D eigenvalue weighted by molar-refractivity contribution is 0.906. The number of aromatic amines is 1. The highest BCUT2D eigenvalue weighted by atomic mass is 79.9. The minimum absolute atomic E-state index is 0.760. The van der Waals surface area contributed by atoms with E-state index in [2.05, 4.69) is 58.4 Å². The summed E-state index contributed by atoms with van der Waals surface area (Å²) in [5, 5.41) is 0. The summed E-state index contributed by atoms with van der Waals surface area (Å²) in [7, 11) is 0. The second kappa shape index (κ2) is 4.78. The molecule has 1 aromatic heterocycles. The molecule has 1 aromatic carbocycles. The molecule has 0 aliphatic heterocycles. The largest absolute Gasteiger partial charge is 0.337 e. The van der Waals surface area contributed by atoms with E-state index in [0.717, 1.165) is 15.7 Å². The van der Waals surface area contributed by atoms with Gasteiger partial charge in [-0.15, -0.1) is 0 Å². The van der Waals surface area contributed by atoms with Crippen LogP contribution in [0.15, 0.2) is 22.8 Å². The van der Waals surface area contributed by atoms with E-state index < -0.39 is 0 Å². The number of halogens is 1. The predicted molar refractivity (Wildman–Crippen MR) is 77.5 cm³/mol. The third kappa shape index (κ3) is 2.24. The van der Waals surface area contributed by atoms with E-state index in [-0.39, 0.29) is 0 Å². The molecule has 0 spiro atoms. The van der Waals surface area contributed by atoms with Crippen molar-refractivity contribution in [3.8, 4) is 5.69 Å². The van der Waals surface area contributed by atoms with Gasteiger partial charge in [0.05, 0.1) is 5.69 Å². The molecule has 2 nitrogen and oxygen atoms in total. The molecule has 2 rings (SSSR count). The van der Waals surface area contributed by atoms with Gasteiger partial charge in [-0.25, -0.2) is 0 Å². The summed E-state index contributed by atoms with van der Waals surface area (Å²) < 4.78 is 4.00. The number of hydrogen-bond acceptors (Lipinski definition) is 1. The van der Waals surface area contributed by atoms with Crippen LogP contribution in [-0.4, -0.2) is 9.55 Å². The fourth-order valence-corrected chi connectivity index (χ4v) is 3.12. The second-order valence-corrected chi connectivity index (χ2v) is 5.46. The van der Waals surface area contributed by atoms with Crippen LogP contribution >= 0.6 is 28.1 Å². The number of benzene rings is 1. The average Bonchev–Trinajstić information content (AvgIpc) is 2.59. The van der Waals surface area contributed by atoms with Gasteiger partial charge in [0, 0.05) is 16.4 Å². The van der Waals surface area contributed by atoms with Gasteiger partial charge < -0.3 is 4.98 Å². The molecule has 1 heterocycles. The van der Waals surface area contributed by atoms with Gasteiger partial charge >= 0.3 is 0 Å². The summed E-state index contributed by atoms with van der Waals surface area (Å²) in [6, 6.07) is 4.24. The third-order valence-corrected chi connectivity index (χ3v) is 3.65. The first-order chi connectivity index (χ1) is 8.04. The second-order valence-electron chi connectivity index (χ2n) is 4.16. The van der Waals surface area contributed by atoms with E-state index in [1.165, 1.54) is 22.5 Å². The molecule has 0 atom stereocenters. The number of aromatic nitrogens is 2. The summed E-state index contributed by atoms with van der Waals surface area (Å²) in [5.41, 5.74) is 4.85. The van der Waals surface area contributed by atoms with Crippen LogP contribution in [0.4, 0.5) is 0 Å². The minimum atomic E-state index is 0.760. The molecule has 0 aliphatic rings. The number of hydrogen-bond donors (Lipinski definition) is 1. The van der Waals surface area contributed by atoms with Crippen molar-refractivity contribution >= 4 is 28.1 Å².